The first-order valence-electron chi connectivity index (χ1n) is 4.09. The van der Waals surface area contributed by atoms with Gasteiger partial charge in [0, 0.05) is 10.4 Å². The molecule has 1 heterocycles. The highest BCUT2D eigenvalue weighted by molar-refractivity contribution is 7.16. The Kier molecular flexibility index (Phi) is 2.21. The molecular weight excluding hydrogens is 194 g/mol. The van der Waals surface area contributed by atoms with Gasteiger partial charge in [-0.1, -0.05) is 12.1 Å². The number of rotatable bonds is 1. The van der Waals surface area contributed by atoms with Crippen molar-refractivity contribution in [2.24, 2.45) is 0 Å². The normalized spacial score (nSPS) is 9.64. The van der Waals surface area contributed by atoms with Crippen molar-refractivity contribution < 1.29 is 5.11 Å². The van der Waals surface area contributed by atoms with Crippen LogP contribution >= 0.6 is 11.3 Å². The number of nitriles is 1. The summed E-state index contributed by atoms with van der Waals surface area (Å²) in [6.45, 7) is 0. The second-order valence-electron chi connectivity index (χ2n) is 2.79. The van der Waals surface area contributed by atoms with Crippen LogP contribution in [0.2, 0.25) is 0 Å². The number of hydrogen-bond acceptors (Lipinski definition) is 3. The molecule has 0 aliphatic carbocycles. The predicted molar refractivity (Wildman–Crippen MR) is 56.1 cm³/mol. The fourth-order valence-corrected chi connectivity index (χ4v) is 2.06. The van der Waals surface area contributed by atoms with E-state index in [0.717, 1.165) is 10.4 Å². The zero-order chi connectivity index (χ0) is 9.97. The van der Waals surface area contributed by atoms with Crippen molar-refractivity contribution in [2.45, 2.75) is 0 Å². The molecule has 0 spiro atoms. The Morgan fingerprint density at radius 3 is 2.57 bits per heavy atom. The van der Waals surface area contributed by atoms with Crippen LogP contribution in [0.4, 0.5) is 0 Å². The van der Waals surface area contributed by atoms with Gasteiger partial charge in [-0.05, 0) is 24.3 Å². The molecule has 1 aromatic heterocycles. The molecule has 0 aliphatic heterocycles. The van der Waals surface area contributed by atoms with Gasteiger partial charge >= 0.3 is 0 Å². The number of para-hydroxylation sites is 1. The highest BCUT2D eigenvalue weighted by Gasteiger charge is 2.05. The topological polar surface area (TPSA) is 44.0 Å². The molecule has 0 fully saturated rings. The average Bonchev–Trinajstić information content (AvgIpc) is 2.67. The molecule has 0 unspecified atom stereocenters. The summed E-state index contributed by atoms with van der Waals surface area (Å²) in [5.74, 6) is 0.249. The van der Waals surface area contributed by atoms with Crippen molar-refractivity contribution >= 4 is 11.3 Å². The molecule has 0 radical (unpaired) electrons. The van der Waals surface area contributed by atoms with Crippen molar-refractivity contribution in [3.63, 3.8) is 0 Å². The molecule has 0 amide bonds. The minimum atomic E-state index is 0.249. The number of aromatic hydroxyl groups is 1. The summed E-state index contributed by atoms with van der Waals surface area (Å²) in [6.07, 6.45) is 0. The number of phenols is 1. The fourth-order valence-electron chi connectivity index (χ4n) is 1.22. The first kappa shape index (κ1) is 8.79. The van der Waals surface area contributed by atoms with Crippen molar-refractivity contribution in [3.8, 4) is 22.3 Å². The molecule has 0 atom stereocenters. The van der Waals surface area contributed by atoms with Crippen LogP contribution in [0, 0.1) is 11.3 Å². The number of benzene rings is 1. The summed E-state index contributed by atoms with van der Waals surface area (Å²) < 4.78 is 0. The van der Waals surface area contributed by atoms with Gasteiger partial charge < -0.3 is 5.11 Å². The SMILES string of the molecule is N#Cc1ccc(-c2ccccc2O)s1. The van der Waals surface area contributed by atoms with Gasteiger partial charge in [0.05, 0.1) is 0 Å². The Bertz CT molecular complexity index is 496. The molecule has 0 aliphatic rings. The van der Waals surface area contributed by atoms with Crippen molar-refractivity contribution in [2.75, 3.05) is 0 Å². The first-order chi connectivity index (χ1) is 6.81. The van der Waals surface area contributed by atoms with E-state index < -0.39 is 0 Å². The maximum absolute atomic E-state index is 9.57. The lowest BCUT2D eigenvalue weighted by atomic mass is 10.2. The third-order valence-electron chi connectivity index (χ3n) is 1.89. The second kappa shape index (κ2) is 3.52. The summed E-state index contributed by atoms with van der Waals surface area (Å²) in [4.78, 5) is 1.57. The lowest BCUT2D eigenvalue weighted by Crippen LogP contribution is -1.72. The van der Waals surface area contributed by atoms with Crippen LogP contribution in [0.15, 0.2) is 36.4 Å². The third kappa shape index (κ3) is 1.48. The van der Waals surface area contributed by atoms with Crippen LogP contribution in [-0.4, -0.2) is 5.11 Å². The maximum atomic E-state index is 9.57. The van der Waals surface area contributed by atoms with E-state index in [1.165, 1.54) is 11.3 Å². The van der Waals surface area contributed by atoms with E-state index in [2.05, 4.69) is 6.07 Å². The van der Waals surface area contributed by atoms with Gasteiger partial charge in [-0.15, -0.1) is 11.3 Å². The zero-order valence-corrected chi connectivity index (χ0v) is 8.08. The Morgan fingerprint density at radius 1 is 1.14 bits per heavy atom. The molecule has 0 saturated carbocycles. The number of phenolic OH excluding ortho intramolecular Hbond substituents is 1. The lowest BCUT2D eigenvalue weighted by Gasteiger charge is -1.99. The van der Waals surface area contributed by atoms with E-state index >= 15 is 0 Å². The van der Waals surface area contributed by atoms with Crippen molar-refractivity contribution in [1.29, 1.82) is 5.26 Å². The molecule has 2 nitrogen and oxygen atoms in total. The van der Waals surface area contributed by atoms with Crippen LogP contribution in [0.25, 0.3) is 10.4 Å². The third-order valence-corrected chi connectivity index (χ3v) is 2.91. The van der Waals surface area contributed by atoms with Crippen molar-refractivity contribution in [3.05, 3.63) is 41.3 Å². The van der Waals surface area contributed by atoms with E-state index in [9.17, 15) is 5.11 Å². The Hall–Kier alpha value is -1.79. The van der Waals surface area contributed by atoms with E-state index in [0.29, 0.717) is 4.88 Å². The summed E-state index contributed by atoms with van der Waals surface area (Å²) in [7, 11) is 0. The standard InChI is InChI=1S/C11H7NOS/c12-7-8-5-6-11(14-8)9-3-1-2-4-10(9)13/h1-6,13H. The Balaban J connectivity index is 2.51. The number of hydrogen-bond donors (Lipinski definition) is 1. The van der Waals surface area contributed by atoms with E-state index in [4.69, 9.17) is 5.26 Å². The Morgan fingerprint density at radius 2 is 1.93 bits per heavy atom. The summed E-state index contributed by atoms with van der Waals surface area (Å²) in [6, 6.07) is 12.8. The average molecular weight is 201 g/mol. The number of thiophene rings is 1. The van der Waals surface area contributed by atoms with Gasteiger partial charge in [-0.3, -0.25) is 0 Å². The number of nitrogens with zero attached hydrogens (tertiary/aromatic N) is 1. The largest absolute Gasteiger partial charge is 0.507 e. The highest BCUT2D eigenvalue weighted by Crippen LogP contribution is 2.33. The molecule has 0 bridgehead atoms. The van der Waals surface area contributed by atoms with Gasteiger partial charge in [-0.2, -0.15) is 5.26 Å². The van der Waals surface area contributed by atoms with Crippen LogP contribution in [0.5, 0.6) is 5.75 Å². The zero-order valence-electron chi connectivity index (χ0n) is 7.27. The molecule has 2 aromatic rings. The maximum Gasteiger partial charge on any atom is 0.124 e. The monoisotopic (exact) mass is 201 g/mol. The molecular formula is C11H7NOS. The molecule has 1 N–H and O–H groups in total. The quantitative estimate of drug-likeness (QED) is 0.770. The molecule has 1 aromatic carbocycles. The van der Waals surface area contributed by atoms with E-state index in [-0.39, 0.29) is 5.75 Å². The molecule has 14 heavy (non-hydrogen) atoms. The molecule has 68 valence electrons. The lowest BCUT2D eigenvalue weighted by molar-refractivity contribution is 0.477. The van der Waals surface area contributed by atoms with Gasteiger partial charge in [0.2, 0.25) is 0 Å². The van der Waals surface area contributed by atoms with E-state index in [1.807, 2.05) is 18.2 Å². The van der Waals surface area contributed by atoms with Gasteiger partial charge in [-0.25, -0.2) is 0 Å². The van der Waals surface area contributed by atoms with Crippen LogP contribution in [0.3, 0.4) is 0 Å². The highest BCUT2D eigenvalue weighted by atomic mass is 32.1. The smallest absolute Gasteiger partial charge is 0.124 e. The summed E-state index contributed by atoms with van der Waals surface area (Å²) in [5.41, 5.74) is 0.777. The summed E-state index contributed by atoms with van der Waals surface area (Å²) in [5, 5.41) is 18.2. The van der Waals surface area contributed by atoms with Gasteiger partial charge in [0.1, 0.15) is 16.7 Å². The van der Waals surface area contributed by atoms with Gasteiger partial charge in [0.25, 0.3) is 0 Å². The predicted octanol–water partition coefficient (Wildman–Crippen LogP) is 2.99. The van der Waals surface area contributed by atoms with E-state index in [1.54, 1.807) is 18.2 Å². The second-order valence-corrected chi connectivity index (χ2v) is 3.88. The fraction of sp³-hybridized carbons (Fsp3) is 0. The molecule has 3 heteroatoms. The minimum Gasteiger partial charge on any atom is -0.507 e. The van der Waals surface area contributed by atoms with Crippen LogP contribution in [-0.2, 0) is 0 Å². The minimum absolute atomic E-state index is 0.249. The summed E-state index contributed by atoms with van der Waals surface area (Å²) >= 11 is 1.38. The van der Waals surface area contributed by atoms with Crippen LogP contribution < -0.4 is 0 Å². The molecule has 2 rings (SSSR count). The van der Waals surface area contributed by atoms with Crippen molar-refractivity contribution in [1.82, 2.24) is 0 Å². The van der Waals surface area contributed by atoms with Crippen LogP contribution in [0.1, 0.15) is 4.88 Å². The van der Waals surface area contributed by atoms with Gasteiger partial charge in [0.15, 0.2) is 0 Å². The first-order valence-corrected chi connectivity index (χ1v) is 4.91. The molecule has 0 saturated heterocycles. The Labute approximate surface area is 85.7 Å².